The zero-order valence-electron chi connectivity index (χ0n) is 10.5. The van der Waals surface area contributed by atoms with Crippen molar-refractivity contribution in [1.29, 1.82) is 0 Å². The van der Waals surface area contributed by atoms with Crippen LogP contribution in [-0.4, -0.2) is 20.4 Å². The smallest absolute Gasteiger partial charge is 0.273 e. The third-order valence-electron chi connectivity index (χ3n) is 2.26. The first-order valence-corrected chi connectivity index (χ1v) is 6.36. The van der Waals surface area contributed by atoms with Crippen molar-refractivity contribution in [2.24, 2.45) is 16.0 Å². The van der Waals surface area contributed by atoms with E-state index in [-0.39, 0.29) is 16.6 Å². The fourth-order valence-corrected chi connectivity index (χ4v) is 1.87. The standard InChI is InChI=1S/C12H11N5O2S/c1-7-14-12(20-17-7)16-15-9(11(13)19)10(18)8-5-3-2-4-6-8/h2-6,18H,1H3,(H2,13,19). The Kier molecular flexibility index (Phi) is 4.16. The Balaban J connectivity index is 2.36. The van der Waals surface area contributed by atoms with Crippen molar-refractivity contribution in [2.45, 2.75) is 6.92 Å². The Bertz CT molecular complexity index is 678. The quantitative estimate of drug-likeness (QED) is 0.510. The number of carbonyl (C=O) groups is 1. The second kappa shape index (κ2) is 6.02. The predicted molar refractivity (Wildman–Crippen MR) is 74.3 cm³/mol. The number of amides is 1. The molecule has 2 aromatic rings. The van der Waals surface area contributed by atoms with Crippen molar-refractivity contribution in [3.63, 3.8) is 0 Å². The molecular weight excluding hydrogens is 278 g/mol. The van der Waals surface area contributed by atoms with Crippen molar-refractivity contribution >= 4 is 28.3 Å². The highest BCUT2D eigenvalue weighted by molar-refractivity contribution is 7.09. The molecule has 0 saturated carbocycles. The van der Waals surface area contributed by atoms with Crippen LogP contribution in [0.4, 0.5) is 5.13 Å². The van der Waals surface area contributed by atoms with Crippen LogP contribution in [-0.2, 0) is 4.79 Å². The number of nitrogens with two attached hydrogens (primary N) is 1. The van der Waals surface area contributed by atoms with Crippen LogP contribution in [0.1, 0.15) is 11.4 Å². The molecule has 0 aliphatic carbocycles. The first-order valence-electron chi connectivity index (χ1n) is 5.58. The second-order valence-electron chi connectivity index (χ2n) is 3.75. The van der Waals surface area contributed by atoms with Gasteiger partial charge in [-0.15, -0.1) is 10.2 Å². The predicted octanol–water partition coefficient (Wildman–Crippen LogP) is 2.34. The molecule has 0 aliphatic heterocycles. The fraction of sp³-hybridized carbons (Fsp3) is 0.0833. The van der Waals surface area contributed by atoms with Gasteiger partial charge in [-0.3, -0.25) is 4.79 Å². The van der Waals surface area contributed by atoms with E-state index in [1.807, 2.05) is 0 Å². The van der Waals surface area contributed by atoms with Gasteiger partial charge in [-0.25, -0.2) is 4.98 Å². The SMILES string of the molecule is Cc1nsc(N=NC(C(N)=O)=C(O)c2ccccc2)n1. The first kappa shape index (κ1) is 13.8. The molecular formula is C12H11N5O2S. The van der Waals surface area contributed by atoms with Gasteiger partial charge in [0.25, 0.3) is 5.91 Å². The van der Waals surface area contributed by atoms with Gasteiger partial charge in [0.2, 0.25) is 5.13 Å². The van der Waals surface area contributed by atoms with Gasteiger partial charge in [-0.1, -0.05) is 30.3 Å². The summed E-state index contributed by atoms with van der Waals surface area (Å²) in [4.78, 5) is 15.3. The van der Waals surface area contributed by atoms with E-state index in [1.54, 1.807) is 37.3 Å². The van der Waals surface area contributed by atoms with Crippen LogP contribution in [0.15, 0.2) is 46.3 Å². The Morgan fingerprint density at radius 1 is 1.35 bits per heavy atom. The number of aliphatic hydroxyl groups excluding tert-OH is 1. The topological polar surface area (TPSA) is 114 Å². The number of nitrogens with zero attached hydrogens (tertiary/aromatic N) is 4. The molecule has 0 aliphatic rings. The highest BCUT2D eigenvalue weighted by Gasteiger charge is 2.13. The number of hydrogen-bond acceptors (Lipinski definition) is 7. The van der Waals surface area contributed by atoms with Crippen LogP contribution in [0.2, 0.25) is 0 Å². The van der Waals surface area contributed by atoms with Gasteiger partial charge in [-0.05, 0) is 6.92 Å². The summed E-state index contributed by atoms with van der Waals surface area (Å²) < 4.78 is 3.92. The molecule has 1 heterocycles. The third kappa shape index (κ3) is 3.23. The van der Waals surface area contributed by atoms with E-state index < -0.39 is 5.91 Å². The summed E-state index contributed by atoms with van der Waals surface area (Å²) in [5, 5.41) is 17.7. The summed E-state index contributed by atoms with van der Waals surface area (Å²) in [6.45, 7) is 1.71. The lowest BCUT2D eigenvalue weighted by molar-refractivity contribution is -0.114. The van der Waals surface area contributed by atoms with Gasteiger partial charge in [0.15, 0.2) is 11.5 Å². The van der Waals surface area contributed by atoms with Gasteiger partial charge < -0.3 is 10.8 Å². The number of hydrogen-bond donors (Lipinski definition) is 2. The minimum absolute atomic E-state index is 0.280. The number of benzene rings is 1. The number of rotatable bonds is 4. The molecule has 1 amide bonds. The molecule has 0 atom stereocenters. The van der Waals surface area contributed by atoms with Gasteiger partial charge in [0, 0.05) is 17.1 Å². The van der Waals surface area contributed by atoms with Crippen molar-refractivity contribution in [3.8, 4) is 0 Å². The fourth-order valence-electron chi connectivity index (χ4n) is 1.37. The van der Waals surface area contributed by atoms with E-state index in [1.165, 1.54) is 0 Å². The molecule has 0 spiro atoms. The van der Waals surface area contributed by atoms with E-state index in [0.29, 0.717) is 11.4 Å². The van der Waals surface area contributed by atoms with E-state index >= 15 is 0 Å². The van der Waals surface area contributed by atoms with Crippen LogP contribution in [0.5, 0.6) is 0 Å². The molecule has 2 rings (SSSR count). The molecule has 0 bridgehead atoms. The van der Waals surface area contributed by atoms with Crippen LogP contribution >= 0.6 is 11.5 Å². The summed E-state index contributed by atoms with van der Waals surface area (Å²) in [6.07, 6.45) is 0. The van der Waals surface area contributed by atoms with Crippen LogP contribution in [0.25, 0.3) is 5.76 Å². The van der Waals surface area contributed by atoms with Crippen molar-refractivity contribution in [2.75, 3.05) is 0 Å². The van der Waals surface area contributed by atoms with E-state index in [2.05, 4.69) is 19.6 Å². The Hall–Kier alpha value is -2.61. The molecule has 0 unspecified atom stereocenters. The molecule has 0 saturated heterocycles. The summed E-state index contributed by atoms with van der Waals surface area (Å²) in [7, 11) is 0. The molecule has 0 fully saturated rings. The third-order valence-corrected chi connectivity index (χ3v) is 2.95. The second-order valence-corrected chi connectivity index (χ2v) is 4.48. The van der Waals surface area contributed by atoms with Crippen molar-refractivity contribution in [1.82, 2.24) is 9.36 Å². The number of aryl methyl sites for hydroxylation is 1. The molecule has 8 heteroatoms. The van der Waals surface area contributed by atoms with E-state index in [9.17, 15) is 9.90 Å². The first-order chi connectivity index (χ1) is 9.58. The van der Waals surface area contributed by atoms with Crippen LogP contribution in [0, 0.1) is 6.92 Å². The molecule has 7 nitrogen and oxygen atoms in total. The lowest BCUT2D eigenvalue weighted by Gasteiger charge is -2.02. The van der Waals surface area contributed by atoms with Crippen LogP contribution < -0.4 is 5.73 Å². The van der Waals surface area contributed by atoms with E-state index in [4.69, 9.17) is 5.73 Å². The number of aliphatic hydroxyl groups is 1. The van der Waals surface area contributed by atoms with E-state index in [0.717, 1.165) is 11.5 Å². The number of azo groups is 1. The normalized spacial score (nSPS) is 12.4. The monoisotopic (exact) mass is 289 g/mol. The average molecular weight is 289 g/mol. The zero-order chi connectivity index (χ0) is 14.5. The minimum Gasteiger partial charge on any atom is -0.505 e. The van der Waals surface area contributed by atoms with Crippen molar-refractivity contribution < 1.29 is 9.90 Å². The minimum atomic E-state index is -0.878. The van der Waals surface area contributed by atoms with Gasteiger partial charge in [0.05, 0.1) is 0 Å². The Morgan fingerprint density at radius 2 is 2.05 bits per heavy atom. The largest absolute Gasteiger partial charge is 0.505 e. The maximum absolute atomic E-state index is 11.4. The number of primary amides is 1. The van der Waals surface area contributed by atoms with Crippen LogP contribution in [0.3, 0.4) is 0 Å². The summed E-state index contributed by atoms with van der Waals surface area (Å²) >= 11 is 1.03. The maximum Gasteiger partial charge on any atom is 0.273 e. The van der Waals surface area contributed by atoms with Gasteiger partial charge >= 0.3 is 0 Å². The zero-order valence-corrected chi connectivity index (χ0v) is 11.3. The summed E-state index contributed by atoms with van der Waals surface area (Å²) in [6, 6.07) is 8.48. The highest BCUT2D eigenvalue weighted by atomic mass is 32.1. The van der Waals surface area contributed by atoms with Gasteiger partial charge in [-0.2, -0.15) is 4.37 Å². The summed E-state index contributed by atoms with van der Waals surface area (Å²) in [5.41, 5.74) is 5.30. The molecule has 0 radical (unpaired) electrons. The molecule has 1 aromatic carbocycles. The maximum atomic E-state index is 11.4. The number of aromatic nitrogens is 2. The lowest BCUT2D eigenvalue weighted by atomic mass is 10.1. The van der Waals surface area contributed by atoms with Gasteiger partial charge in [0.1, 0.15) is 5.82 Å². The summed E-state index contributed by atoms with van der Waals surface area (Å²) in [5.74, 6) is -0.653. The molecule has 3 N–H and O–H groups in total. The molecule has 1 aromatic heterocycles. The number of carbonyl (C=O) groups excluding carboxylic acids is 1. The molecule has 102 valence electrons. The Labute approximate surface area is 118 Å². The highest BCUT2D eigenvalue weighted by Crippen LogP contribution is 2.20. The Morgan fingerprint density at radius 3 is 2.60 bits per heavy atom. The molecule has 20 heavy (non-hydrogen) atoms. The van der Waals surface area contributed by atoms with Crippen molar-refractivity contribution in [3.05, 3.63) is 47.4 Å². The lowest BCUT2D eigenvalue weighted by Crippen LogP contribution is -2.14. The average Bonchev–Trinajstić information content (AvgIpc) is 2.85.